The van der Waals surface area contributed by atoms with Crippen molar-refractivity contribution in [3.05, 3.63) is 12.5 Å². The summed E-state index contributed by atoms with van der Waals surface area (Å²) < 4.78 is 28.4. The molecule has 1 aliphatic heterocycles. The standard InChI is InChI=1S/C11H20N4O2S.ClH/c1-2-15-8-11(13-9-15)18(16,17)14-7-10-4-3-5-12-6-10;/h8-10,12,14H,2-7H2,1H3;1H. The minimum absolute atomic E-state index is 0. The van der Waals surface area contributed by atoms with E-state index in [1.807, 2.05) is 6.92 Å². The van der Waals surface area contributed by atoms with Gasteiger partial charge in [0.05, 0.1) is 6.33 Å². The van der Waals surface area contributed by atoms with E-state index in [0.29, 0.717) is 12.5 Å². The molecule has 6 nitrogen and oxygen atoms in total. The summed E-state index contributed by atoms with van der Waals surface area (Å²) in [6.45, 7) is 5.05. The van der Waals surface area contributed by atoms with Crippen molar-refractivity contribution in [3.63, 3.8) is 0 Å². The highest BCUT2D eigenvalue weighted by atomic mass is 35.5. The van der Waals surface area contributed by atoms with E-state index in [9.17, 15) is 8.42 Å². The Morgan fingerprint density at radius 1 is 1.58 bits per heavy atom. The zero-order valence-electron chi connectivity index (χ0n) is 11.0. The minimum atomic E-state index is -3.46. The predicted octanol–water partition coefficient (Wildman–Crippen LogP) is 0.603. The number of imidazole rings is 1. The number of piperidine rings is 1. The van der Waals surface area contributed by atoms with Gasteiger partial charge in [0.2, 0.25) is 0 Å². The van der Waals surface area contributed by atoms with Gasteiger partial charge in [-0.1, -0.05) is 0 Å². The zero-order chi connectivity index (χ0) is 13.0. The summed E-state index contributed by atoms with van der Waals surface area (Å²) in [5.41, 5.74) is 0. The molecule has 0 amide bonds. The summed E-state index contributed by atoms with van der Waals surface area (Å²) in [6, 6.07) is 0. The third-order valence-corrected chi connectivity index (χ3v) is 4.52. The maximum Gasteiger partial charge on any atom is 0.259 e. The molecule has 0 aliphatic carbocycles. The van der Waals surface area contributed by atoms with E-state index < -0.39 is 10.0 Å². The minimum Gasteiger partial charge on any atom is -0.336 e. The highest BCUT2D eigenvalue weighted by molar-refractivity contribution is 7.89. The summed E-state index contributed by atoms with van der Waals surface area (Å²) in [5.74, 6) is 0.377. The van der Waals surface area contributed by atoms with Gasteiger partial charge in [-0.15, -0.1) is 12.4 Å². The van der Waals surface area contributed by atoms with Gasteiger partial charge in [-0.25, -0.2) is 18.1 Å². The predicted molar refractivity (Wildman–Crippen MR) is 75.9 cm³/mol. The Morgan fingerprint density at radius 2 is 2.37 bits per heavy atom. The molecule has 0 bridgehead atoms. The number of aryl methyl sites for hydroxylation is 1. The van der Waals surface area contributed by atoms with E-state index in [2.05, 4.69) is 15.0 Å². The fourth-order valence-electron chi connectivity index (χ4n) is 2.05. The van der Waals surface area contributed by atoms with Gasteiger partial charge in [-0.2, -0.15) is 0 Å². The molecule has 1 atom stereocenters. The number of halogens is 1. The molecule has 110 valence electrons. The van der Waals surface area contributed by atoms with Crippen LogP contribution < -0.4 is 10.0 Å². The molecule has 0 saturated carbocycles. The molecule has 1 fully saturated rings. The van der Waals surface area contributed by atoms with Gasteiger partial charge in [-0.3, -0.25) is 0 Å². The Bertz CT molecular complexity index is 483. The lowest BCUT2D eigenvalue weighted by atomic mass is 10.0. The van der Waals surface area contributed by atoms with Crippen LogP contribution in [0, 0.1) is 5.92 Å². The highest BCUT2D eigenvalue weighted by Gasteiger charge is 2.20. The van der Waals surface area contributed by atoms with E-state index in [0.717, 1.165) is 32.5 Å². The molecule has 8 heteroatoms. The molecule has 1 aromatic heterocycles. The number of hydrogen-bond acceptors (Lipinski definition) is 4. The van der Waals surface area contributed by atoms with Crippen LogP contribution in [0.2, 0.25) is 0 Å². The van der Waals surface area contributed by atoms with Crippen LogP contribution in [-0.2, 0) is 16.6 Å². The van der Waals surface area contributed by atoms with Crippen LogP contribution in [0.25, 0.3) is 0 Å². The summed E-state index contributed by atoms with van der Waals surface area (Å²) in [6.07, 6.45) is 5.27. The van der Waals surface area contributed by atoms with Crippen LogP contribution in [0.1, 0.15) is 19.8 Å². The van der Waals surface area contributed by atoms with Crippen LogP contribution in [0.5, 0.6) is 0 Å². The van der Waals surface area contributed by atoms with Crippen LogP contribution in [0.4, 0.5) is 0 Å². The highest BCUT2D eigenvalue weighted by Crippen LogP contribution is 2.10. The number of nitrogens with one attached hydrogen (secondary N) is 2. The first-order valence-corrected chi connectivity index (χ1v) is 7.82. The van der Waals surface area contributed by atoms with Crippen molar-refractivity contribution in [2.45, 2.75) is 31.3 Å². The van der Waals surface area contributed by atoms with Crippen LogP contribution in [-0.4, -0.2) is 37.6 Å². The van der Waals surface area contributed by atoms with E-state index in [1.54, 1.807) is 10.8 Å². The van der Waals surface area contributed by atoms with E-state index in [-0.39, 0.29) is 17.4 Å². The maximum absolute atomic E-state index is 12.0. The lowest BCUT2D eigenvalue weighted by Gasteiger charge is -2.22. The monoisotopic (exact) mass is 308 g/mol. The molecule has 2 rings (SSSR count). The molecule has 19 heavy (non-hydrogen) atoms. The first-order valence-electron chi connectivity index (χ1n) is 6.34. The number of rotatable bonds is 5. The molecule has 1 saturated heterocycles. The van der Waals surface area contributed by atoms with E-state index >= 15 is 0 Å². The quantitative estimate of drug-likeness (QED) is 0.835. The third-order valence-electron chi connectivity index (χ3n) is 3.21. The Morgan fingerprint density at radius 3 is 2.95 bits per heavy atom. The van der Waals surface area contributed by atoms with Gasteiger partial charge in [0.25, 0.3) is 10.0 Å². The number of sulfonamides is 1. The number of aromatic nitrogens is 2. The lowest BCUT2D eigenvalue weighted by molar-refractivity contribution is 0.375. The first kappa shape index (κ1) is 16.4. The Kier molecular flexibility index (Phi) is 6.25. The topological polar surface area (TPSA) is 76.0 Å². The molecule has 2 N–H and O–H groups in total. The fraction of sp³-hybridized carbons (Fsp3) is 0.727. The van der Waals surface area contributed by atoms with Crippen LogP contribution in [0.15, 0.2) is 17.6 Å². The van der Waals surface area contributed by atoms with Gasteiger partial charge < -0.3 is 9.88 Å². The first-order chi connectivity index (χ1) is 8.62. The van der Waals surface area contributed by atoms with Gasteiger partial charge in [0, 0.05) is 19.3 Å². The second-order valence-corrected chi connectivity index (χ2v) is 6.32. The van der Waals surface area contributed by atoms with Gasteiger partial charge in [0.15, 0.2) is 5.03 Å². The summed E-state index contributed by atoms with van der Waals surface area (Å²) >= 11 is 0. The van der Waals surface area contributed by atoms with Crippen LogP contribution >= 0.6 is 12.4 Å². The molecule has 1 unspecified atom stereocenters. The molecule has 1 aliphatic rings. The van der Waals surface area contributed by atoms with Crippen molar-refractivity contribution >= 4 is 22.4 Å². The fourth-order valence-corrected chi connectivity index (χ4v) is 3.11. The van der Waals surface area contributed by atoms with Gasteiger partial charge in [-0.05, 0) is 38.8 Å². The normalized spacial score (nSPS) is 19.9. The van der Waals surface area contributed by atoms with E-state index in [1.165, 1.54) is 6.33 Å². The zero-order valence-corrected chi connectivity index (χ0v) is 12.6. The molecular weight excluding hydrogens is 288 g/mol. The third kappa shape index (κ3) is 4.45. The lowest BCUT2D eigenvalue weighted by Crippen LogP contribution is -2.38. The second kappa shape index (κ2) is 7.23. The number of nitrogens with zero attached hydrogens (tertiary/aromatic N) is 2. The Balaban J connectivity index is 0.00000180. The summed E-state index contributed by atoms with van der Waals surface area (Å²) in [7, 11) is -3.46. The van der Waals surface area contributed by atoms with E-state index in [4.69, 9.17) is 0 Å². The van der Waals surface area contributed by atoms with Crippen molar-refractivity contribution in [2.75, 3.05) is 19.6 Å². The summed E-state index contributed by atoms with van der Waals surface area (Å²) in [4.78, 5) is 3.92. The molecule has 0 aromatic carbocycles. The van der Waals surface area contributed by atoms with Crippen molar-refractivity contribution in [3.8, 4) is 0 Å². The molecule has 0 radical (unpaired) electrons. The molecule has 0 spiro atoms. The maximum atomic E-state index is 12.0. The second-order valence-electron chi connectivity index (χ2n) is 4.61. The Hall–Kier alpha value is -0.630. The van der Waals surface area contributed by atoms with Crippen molar-refractivity contribution in [1.82, 2.24) is 19.6 Å². The summed E-state index contributed by atoms with van der Waals surface area (Å²) in [5, 5.41) is 3.37. The average molecular weight is 309 g/mol. The largest absolute Gasteiger partial charge is 0.336 e. The molecular formula is C11H21ClN4O2S. The van der Waals surface area contributed by atoms with Gasteiger partial charge >= 0.3 is 0 Å². The van der Waals surface area contributed by atoms with Crippen molar-refractivity contribution < 1.29 is 8.42 Å². The molecule has 2 heterocycles. The van der Waals surface area contributed by atoms with Crippen molar-refractivity contribution in [1.29, 1.82) is 0 Å². The number of hydrogen-bond donors (Lipinski definition) is 2. The average Bonchev–Trinajstić information content (AvgIpc) is 2.87. The molecule has 1 aromatic rings. The van der Waals surface area contributed by atoms with Gasteiger partial charge in [0.1, 0.15) is 0 Å². The van der Waals surface area contributed by atoms with Crippen LogP contribution in [0.3, 0.4) is 0 Å². The smallest absolute Gasteiger partial charge is 0.259 e. The van der Waals surface area contributed by atoms with Crippen molar-refractivity contribution in [2.24, 2.45) is 5.92 Å². The SMILES string of the molecule is CCn1cnc(S(=O)(=O)NCC2CCCNC2)c1.Cl. The Labute approximate surface area is 120 Å².